The van der Waals surface area contributed by atoms with E-state index in [0.717, 1.165) is 0 Å². The van der Waals surface area contributed by atoms with E-state index in [0.29, 0.717) is 5.56 Å². The van der Waals surface area contributed by atoms with Gasteiger partial charge in [0.15, 0.2) is 0 Å². The van der Waals surface area contributed by atoms with Crippen LogP contribution in [0, 0.1) is 0 Å². The minimum absolute atomic E-state index is 0.685. The van der Waals surface area contributed by atoms with E-state index >= 15 is 0 Å². The third-order valence-electron chi connectivity index (χ3n) is 1.82. The van der Waals surface area contributed by atoms with Gasteiger partial charge in [-0.3, -0.25) is 0 Å². The zero-order valence-electron chi connectivity index (χ0n) is 6.93. The molecule has 0 N–H and O–H groups in total. The van der Waals surface area contributed by atoms with Gasteiger partial charge in [-0.2, -0.15) is 8.42 Å². The second kappa shape index (κ2) is 2.54. The van der Waals surface area contributed by atoms with E-state index in [2.05, 4.69) is 8.37 Å². The summed E-state index contributed by atoms with van der Waals surface area (Å²) in [6.45, 7) is 1.56. The zero-order chi connectivity index (χ0) is 9.53. The van der Waals surface area contributed by atoms with Gasteiger partial charge in [-0.05, 0) is 6.92 Å². The van der Waals surface area contributed by atoms with Crippen molar-refractivity contribution in [3.05, 3.63) is 35.9 Å². The standard InChI is InChI=1S/C8H8O4S/c1-8(11-13(9,10)12-8)7-5-3-2-4-6-7/h2-6H,1H3. The predicted octanol–water partition coefficient (Wildman–Crippen LogP) is 1.15. The maximum Gasteiger partial charge on any atom is 0.405 e. The summed E-state index contributed by atoms with van der Waals surface area (Å²) < 4.78 is 30.6. The van der Waals surface area contributed by atoms with Crippen LogP contribution in [0.2, 0.25) is 0 Å². The van der Waals surface area contributed by atoms with Crippen LogP contribution in [0.3, 0.4) is 0 Å². The highest BCUT2D eigenvalue weighted by Crippen LogP contribution is 2.39. The summed E-state index contributed by atoms with van der Waals surface area (Å²) in [5.74, 6) is -1.14. The molecular weight excluding hydrogens is 192 g/mol. The quantitative estimate of drug-likeness (QED) is 0.682. The first-order valence-electron chi connectivity index (χ1n) is 3.74. The van der Waals surface area contributed by atoms with E-state index in [4.69, 9.17) is 0 Å². The van der Waals surface area contributed by atoms with Crippen LogP contribution < -0.4 is 0 Å². The van der Waals surface area contributed by atoms with E-state index in [1.54, 1.807) is 31.2 Å². The Morgan fingerprint density at radius 1 is 1.15 bits per heavy atom. The summed E-state index contributed by atoms with van der Waals surface area (Å²) in [6, 6.07) is 8.90. The molecule has 1 fully saturated rings. The Hall–Kier alpha value is -0.910. The molecule has 1 aliphatic heterocycles. The molecule has 1 aliphatic rings. The lowest BCUT2D eigenvalue weighted by molar-refractivity contribution is -0.181. The second-order valence-corrected chi connectivity index (χ2v) is 4.04. The first kappa shape index (κ1) is 8.68. The number of hydrogen-bond donors (Lipinski definition) is 0. The lowest BCUT2D eigenvalue weighted by Gasteiger charge is -2.35. The molecule has 0 saturated carbocycles. The Labute approximate surface area is 76.4 Å². The Kier molecular flexibility index (Phi) is 1.69. The van der Waals surface area contributed by atoms with E-state index in [1.807, 2.05) is 6.07 Å². The summed E-state index contributed by atoms with van der Waals surface area (Å²) in [5, 5.41) is 0. The van der Waals surface area contributed by atoms with Crippen LogP contribution in [0.4, 0.5) is 0 Å². The van der Waals surface area contributed by atoms with Crippen LogP contribution in [-0.2, 0) is 24.6 Å². The fourth-order valence-electron chi connectivity index (χ4n) is 1.23. The van der Waals surface area contributed by atoms with Gasteiger partial charge in [0.2, 0.25) is 5.79 Å². The van der Waals surface area contributed by atoms with Crippen LogP contribution in [0.1, 0.15) is 12.5 Å². The van der Waals surface area contributed by atoms with Crippen LogP contribution >= 0.6 is 0 Å². The molecule has 4 nitrogen and oxygen atoms in total. The van der Waals surface area contributed by atoms with Crippen LogP contribution in [0.25, 0.3) is 0 Å². The van der Waals surface area contributed by atoms with Crippen molar-refractivity contribution < 1.29 is 16.8 Å². The second-order valence-electron chi connectivity index (χ2n) is 2.89. The SMILES string of the molecule is CC1(c2ccccc2)OS(=O)(=O)O1. The van der Waals surface area contributed by atoms with E-state index in [-0.39, 0.29) is 0 Å². The summed E-state index contributed by atoms with van der Waals surface area (Å²) in [7, 11) is -3.74. The summed E-state index contributed by atoms with van der Waals surface area (Å²) in [4.78, 5) is 0. The van der Waals surface area contributed by atoms with Gasteiger partial charge in [0.1, 0.15) is 0 Å². The van der Waals surface area contributed by atoms with Crippen LogP contribution in [0.15, 0.2) is 30.3 Å². The van der Waals surface area contributed by atoms with Gasteiger partial charge in [0, 0.05) is 5.56 Å². The molecule has 1 aromatic rings. The fraction of sp³-hybridized carbons (Fsp3) is 0.250. The fourth-order valence-corrected chi connectivity index (χ4v) is 2.22. The molecule has 0 radical (unpaired) electrons. The van der Waals surface area contributed by atoms with Gasteiger partial charge in [-0.25, -0.2) is 8.37 Å². The Morgan fingerprint density at radius 3 is 2.15 bits per heavy atom. The molecule has 0 unspecified atom stereocenters. The average Bonchev–Trinajstić information content (AvgIpc) is 2.02. The summed E-state index contributed by atoms with van der Waals surface area (Å²) >= 11 is 0. The highest BCUT2D eigenvalue weighted by Gasteiger charge is 2.49. The summed E-state index contributed by atoms with van der Waals surface area (Å²) in [5.41, 5.74) is 0.685. The molecule has 0 amide bonds. The molecule has 0 spiro atoms. The van der Waals surface area contributed by atoms with Gasteiger partial charge in [-0.15, -0.1) is 0 Å². The van der Waals surface area contributed by atoms with Gasteiger partial charge < -0.3 is 0 Å². The van der Waals surface area contributed by atoms with Crippen molar-refractivity contribution in [2.24, 2.45) is 0 Å². The third kappa shape index (κ3) is 1.46. The van der Waals surface area contributed by atoms with E-state index in [9.17, 15) is 8.42 Å². The zero-order valence-corrected chi connectivity index (χ0v) is 7.74. The maximum absolute atomic E-state index is 10.6. The number of hydrogen-bond acceptors (Lipinski definition) is 4. The topological polar surface area (TPSA) is 52.6 Å². The molecule has 0 aromatic heterocycles. The van der Waals surface area contributed by atoms with Crippen LogP contribution in [0.5, 0.6) is 0 Å². The Morgan fingerprint density at radius 2 is 1.69 bits per heavy atom. The van der Waals surface area contributed by atoms with Crippen molar-refractivity contribution >= 4 is 10.4 Å². The summed E-state index contributed by atoms with van der Waals surface area (Å²) in [6.07, 6.45) is 0. The van der Waals surface area contributed by atoms with Crippen LogP contribution in [-0.4, -0.2) is 8.42 Å². The lowest BCUT2D eigenvalue weighted by Crippen LogP contribution is -2.45. The minimum Gasteiger partial charge on any atom is -0.208 e. The van der Waals surface area contributed by atoms with Crippen molar-refractivity contribution in [2.75, 3.05) is 0 Å². The Balaban J connectivity index is 2.30. The average molecular weight is 200 g/mol. The molecular formula is C8H8O4S. The van der Waals surface area contributed by atoms with Gasteiger partial charge >= 0.3 is 10.4 Å². The molecule has 0 atom stereocenters. The predicted molar refractivity (Wildman–Crippen MR) is 44.9 cm³/mol. The van der Waals surface area contributed by atoms with Crippen molar-refractivity contribution in [3.8, 4) is 0 Å². The monoisotopic (exact) mass is 200 g/mol. The maximum atomic E-state index is 10.6. The van der Waals surface area contributed by atoms with Crippen molar-refractivity contribution in [3.63, 3.8) is 0 Å². The molecule has 70 valence electrons. The van der Waals surface area contributed by atoms with Gasteiger partial charge in [0.05, 0.1) is 0 Å². The molecule has 0 bridgehead atoms. The highest BCUT2D eigenvalue weighted by atomic mass is 32.3. The lowest BCUT2D eigenvalue weighted by atomic mass is 10.1. The highest BCUT2D eigenvalue weighted by molar-refractivity contribution is 7.82. The van der Waals surface area contributed by atoms with E-state index in [1.165, 1.54) is 0 Å². The first-order valence-corrected chi connectivity index (χ1v) is 5.07. The molecule has 2 rings (SSSR count). The molecule has 0 aliphatic carbocycles. The molecule has 1 aromatic carbocycles. The Bertz CT molecular complexity index is 397. The van der Waals surface area contributed by atoms with Gasteiger partial charge in [0.25, 0.3) is 0 Å². The largest absolute Gasteiger partial charge is 0.405 e. The van der Waals surface area contributed by atoms with E-state index < -0.39 is 16.2 Å². The number of rotatable bonds is 1. The third-order valence-corrected chi connectivity index (χ3v) is 2.86. The molecule has 1 saturated heterocycles. The normalized spacial score (nSPS) is 23.5. The first-order chi connectivity index (χ1) is 6.02. The number of benzene rings is 1. The van der Waals surface area contributed by atoms with Crippen molar-refractivity contribution in [1.29, 1.82) is 0 Å². The van der Waals surface area contributed by atoms with Crippen molar-refractivity contribution in [1.82, 2.24) is 0 Å². The van der Waals surface area contributed by atoms with Gasteiger partial charge in [-0.1, -0.05) is 30.3 Å². The minimum atomic E-state index is -3.74. The van der Waals surface area contributed by atoms with Crippen molar-refractivity contribution in [2.45, 2.75) is 12.7 Å². The molecule has 1 heterocycles. The smallest absolute Gasteiger partial charge is 0.208 e. The molecule has 13 heavy (non-hydrogen) atoms. The molecule has 5 heteroatoms.